The highest BCUT2D eigenvalue weighted by molar-refractivity contribution is 6.27. The molecule has 1 atom stereocenters. The Kier molecular flexibility index (Phi) is 9.10. The maximum atomic E-state index is 13.3. The lowest BCUT2D eigenvalue weighted by atomic mass is 9.94. The highest BCUT2D eigenvalue weighted by Crippen LogP contribution is 2.26. The van der Waals surface area contributed by atoms with Gasteiger partial charge in [-0.25, -0.2) is 0 Å². The van der Waals surface area contributed by atoms with E-state index in [-0.39, 0.29) is 23.7 Å². The monoisotopic (exact) mass is 408 g/mol. The minimum atomic E-state index is -0.683. The molecule has 0 bridgehead atoms. The van der Waals surface area contributed by atoms with Crippen molar-refractivity contribution in [3.05, 3.63) is 29.8 Å². The number of nitrogens with zero attached hydrogens (tertiary/aromatic N) is 1. The molecule has 156 valence electrons. The van der Waals surface area contributed by atoms with Gasteiger partial charge in [-0.15, -0.1) is 11.6 Å². The van der Waals surface area contributed by atoms with E-state index in [0.29, 0.717) is 18.2 Å². The predicted octanol–water partition coefficient (Wildman–Crippen LogP) is 4.30. The van der Waals surface area contributed by atoms with Gasteiger partial charge in [0.15, 0.2) is 0 Å². The number of hydrogen-bond donors (Lipinski definition) is 1. The van der Waals surface area contributed by atoms with E-state index in [4.69, 9.17) is 16.3 Å². The zero-order valence-corrected chi connectivity index (χ0v) is 18.0. The molecular formula is C22H33ClN2O3. The molecule has 1 saturated carbocycles. The Labute approximate surface area is 173 Å². The number of ether oxygens (including phenoxy) is 1. The van der Waals surface area contributed by atoms with Crippen molar-refractivity contribution >= 4 is 23.4 Å². The lowest BCUT2D eigenvalue weighted by Gasteiger charge is -2.33. The standard InChI is InChI=1S/C22H33ClN2O3/c1-16(2)13-14-25(20(26)15-23)21(17-9-11-19(28-3)12-10-17)22(27)24-18-7-5-4-6-8-18/h9-12,16,18,21H,4-8,13-15H2,1-3H3,(H,24,27). The second kappa shape index (κ2) is 11.3. The fourth-order valence-electron chi connectivity index (χ4n) is 3.66. The fraction of sp³-hybridized carbons (Fsp3) is 0.636. The highest BCUT2D eigenvalue weighted by Gasteiger charge is 2.32. The van der Waals surface area contributed by atoms with Crippen molar-refractivity contribution in [1.29, 1.82) is 0 Å². The molecule has 0 saturated heterocycles. The zero-order chi connectivity index (χ0) is 20.5. The van der Waals surface area contributed by atoms with Gasteiger partial charge in [0.25, 0.3) is 0 Å². The van der Waals surface area contributed by atoms with E-state index in [0.717, 1.165) is 37.7 Å². The van der Waals surface area contributed by atoms with Gasteiger partial charge in [0.2, 0.25) is 11.8 Å². The molecule has 0 aromatic heterocycles. The largest absolute Gasteiger partial charge is 0.497 e. The van der Waals surface area contributed by atoms with Gasteiger partial charge in [-0.05, 0) is 42.9 Å². The average molecular weight is 409 g/mol. The predicted molar refractivity (Wildman–Crippen MR) is 113 cm³/mol. The molecule has 0 radical (unpaired) electrons. The molecule has 0 heterocycles. The van der Waals surface area contributed by atoms with Crippen LogP contribution in [0.1, 0.15) is 64.0 Å². The van der Waals surface area contributed by atoms with Crippen LogP contribution >= 0.6 is 11.6 Å². The second-order valence-electron chi connectivity index (χ2n) is 7.92. The van der Waals surface area contributed by atoms with Crippen LogP contribution in [0.3, 0.4) is 0 Å². The number of methoxy groups -OCH3 is 1. The number of rotatable bonds is 9. The van der Waals surface area contributed by atoms with Gasteiger partial charge >= 0.3 is 0 Å². The molecule has 6 heteroatoms. The van der Waals surface area contributed by atoms with E-state index >= 15 is 0 Å². The van der Waals surface area contributed by atoms with Gasteiger partial charge in [0, 0.05) is 12.6 Å². The first-order valence-corrected chi connectivity index (χ1v) is 10.8. The molecule has 1 N–H and O–H groups in total. The average Bonchev–Trinajstić information content (AvgIpc) is 2.71. The first-order valence-electron chi connectivity index (χ1n) is 10.3. The number of amides is 2. The van der Waals surface area contributed by atoms with Crippen LogP contribution < -0.4 is 10.1 Å². The molecule has 1 aromatic carbocycles. The van der Waals surface area contributed by atoms with Crippen molar-refractivity contribution < 1.29 is 14.3 Å². The van der Waals surface area contributed by atoms with Crippen molar-refractivity contribution in [2.45, 2.75) is 64.5 Å². The van der Waals surface area contributed by atoms with Crippen molar-refractivity contribution in [3.8, 4) is 5.75 Å². The normalized spacial score (nSPS) is 15.9. The number of carbonyl (C=O) groups is 2. The Balaban J connectivity index is 2.30. The van der Waals surface area contributed by atoms with Gasteiger partial charge in [-0.1, -0.05) is 45.2 Å². The summed E-state index contributed by atoms with van der Waals surface area (Å²) in [5, 5.41) is 3.19. The summed E-state index contributed by atoms with van der Waals surface area (Å²) in [6.07, 6.45) is 6.30. The Morgan fingerprint density at radius 2 is 1.82 bits per heavy atom. The van der Waals surface area contributed by atoms with Crippen LogP contribution in [0.2, 0.25) is 0 Å². The number of carbonyl (C=O) groups excluding carboxylic acids is 2. The number of halogens is 1. The quantitative estimate of drug-likeness (QED) is 0.620. The van der Waals surface area contributed by atoms with Gasteiger partial charge in [0.05, 0.1) is 7.11 Å². The zero-order valence-electron chi connectivity index (χ0n) is 17.2. The van der Waals surface area contributed by atoms with E-state index in [9.17, 15) is 9.59 Å². The molecule has 0 spiro atoms. The van der Waals surface area contributed by atoms with Gasteiger partial charge in [-0.3, -0.25) is 9.59 Å². The van der Waals surface area contributed by atoms with E-state index < -0.39 is 6.04 Å². The third-order valence-corrected chi connectivity index (χ3v) is 5.55. The van der Waals surface area contributed by atoms with Crippen LogP contribution in [0.25, 0.3) is 0 Å². The SMILES string of the molecule is COc1ccc(C(C(=O)NC2CCCCC2)N(CCC(C)C)C(=O)CCl)cc1. The van der Waals surface area contributed by atoms with E-state index in [1.54, 1.807) is 12.0 Å². The highest BCUT2D eigenvalue weighted by atomic mass is 35.5. The summed E-state index contributed by atoms with van der Waals surface area (Å²) >= 11 is 5.89. The van der Waals surface area contributed by atoms with Crippen LogP contribution in [-0.4, -0.2) is 42.3 Å². The van der Waals surface area contributed by atoms with Crippen molar-refractivity contribution in [2.75, 3.05) is 19.5 Å². The summed E-state index contributed by atoms with van der Waals surface area (Å²) in [7, 11) is 1.61. The first-order chi connectivity index (χ1) is 13.5. The van der Waals surface area contributed by atoms with Crippen LogP contribution in [0.15, 0.2) is 24.3 Å². The third kappa shape index (κ3) is 6.40. The van der Waals surface area contributed by atoms with E-state index in [1.807, 2.05) is 24.3 Å². The minimum Gasteiger partial charge on any atom is -0.497 e. The molecule has 2 amide bonds. The molecule has 1 aromatic rings. The molecule has 1 fully saturated rings. The Morgan fingerprint density at radius 3 is 2.36 bits per heavy atom. The number of hydrogen-bond acceptors (Lipinski definition) is 3. The molecule has 2 rings (SSSR count). The Morgan fingerprint density at radius 1 is 1.18 bits per heavy atom. The molecule has 0 aliphatic heterocycles. The van der Waals surface area contributed by atoms with E-state index in [2.05, 4.69) is 19.2 Å². The number of nitrogens with one attached hydrogen (secondary N) is 1. The van der Waals surface area contributed by atoms with Crippen LogP contribution in [0.4, 0.5) is 0 Å². The first kappa shape index (κ1) is 22.5. The number of alkyl halides is 1. The third-order valence-electron chi connectivity index (χ3n) is 5.33. The number of benzene rings is 1. The summed E-state index contributed by atoms with van der Waals surface area (Å²) in [6, 6.07) is 6.85. The van der Waals surface area contributed by atoms with Crippen molar-refractivity contribution in [2.24, 2.45) is 5.92 Å². The summed E-state index contributed by atoms with van der Waals surface area (Å²) in [5.74, 6) is 0.652. The second-order valence-corrected chi connectivity index (χ2v) is 8.19. The summed E-state index contributed by atoms with van der Waals surface area (Å²) < 4.78 is 5.24. The summed E-state index contributed by atoms with van der Waals surface area (Å²) in [6.45, 7) is 4.71. The fourth-order valence-corrected chi connectivity index (χ4v) is 3.81. The lowest BCUT2D eigenvalue weighted by molar-refractivity contribution is -0.139. The smallest absolute Gasteiger partial charge is 0.247 e. The summed E-state index contributed by atoms with van der Waals surface area (Å²) in [4.78, 5) is 27.6. The van der Waals surface area contributed by atoms with Crippen LogP contribution in [0.5, 0.6) is 5.75 Å². The van der Waals surface area contributed by atoms with Crippen molar-refractivity contribution in [1.82, 2.24) is 10.2 Å². The van der Waals surface area contributed by atoms with Gasteiger partial charge in [-0.2, -0.15) is 0 Å². The molecule has 28 heavy (non-hydrogen) atoms. The molecule has 1 aliphatic rings. The molecule has 5 nitrogen and oxygen atoms in total. The minimum absolute atomic E-state index is 0.126. The maximum Gasteiger partial charge on any atom is 0.247 e. The summed E-state index contributed by atoms with van der Waals surface area (Å²) in [5.41, 5.74) is 0.774. The topological polar surface area (TPSA) is 58.6 Å². The Hall–Kier alpha value is -1.75. The van der Waals surface area contributed by atoms with Gasteiger partial charge < -0.3 is 15.0 Å². The van der Waals surface area contributed by atoms with Crippen molar-refractivity contribution in [3.63, 3.8) is 0 Å². The molecule has 1 aliphatic carbocycles. The lowest BCUT2D eigenvalue weighted by Crippen LogP contribution is -2.47. The van der Waals surface area contributed by atoms with E-state index in [1.165, 1.54) is 6.42 Å². The van der Waals surface area contributed by atoms with Crippen LogP contribution in [-0.2, 0) is 9.59 Å². The molecule has 1 unspecified atom stereocenters. The Bertz CT molecular complexity index is 627. The van der Waals surface area contributed by atoms with Crippen LogP contribution in [0, 0.1) is 5.92 Å². The maximum absolute atomic E-state index is 13.3. The van der Waals surface area contributed by atoms with Gasteiger partial charge in [0.1, 0.15) is 17.7 Å². The molecular weight excluding hydrogens is 376 g/mol.